The van der Waals surface area contributed by atoms with E-state index < -0.39 is 23.8 Å². The van der Waals surface area contributed by atoms with Gasteiger partial charge in [0, 0.05) is 19.2 Å². The Balaban J connectivity index is 1.87. The third-order valence-electron chi connectivity index (χ3n) is 4.23. The van der Waals surface area contributed by atoms with Crippen molar-refractivity contribution in [2.24, 2.45) is 5.92 Å². The third-order valence-corrected chi connectivity index (χ3v) is 5.35. The Labute approximate surface area is 169 Å². The quantitative estimate of drug-likeness (QED) is 0.617. The van der Waals surface area contributed by atoms with E-state index in [-0.39, 0.29) is 28.5 Å². The number of hydrogen-bond donors (Lipinski definition) is 0. The number of anilines is 1. The molecule has 3 rings (SSSR count). The Bertz CT molecular complexity index is 877. The molecule has 10 heteroatoms. The highest BCUT2D eigenvalue weighted by atomic mass is 35.5. The summed E-state index contributed by atoms with van der Waals surface area (Å²) < 4.78 is 41.0. The molecule has 1 amide bonds. The van der Waals surface area contributed by atoms with Gasteiger partial charge in [-0.3, -0.25) is 9.78 Å². The fraction of sp³-hybridized carbons (Fsp3) is 0.389. The Hall–Kier alpha value is -2.18. The summed E-state index contributed by atoms with van der Waals surface area (Å²) in [5.74, 6) is -0.448. The lowest BCUT2D eigenvalue weighted by Gasteiger charge is -2.24. The number of hydrogen-bond acceptors (Lipinski definition) is 4. The maximum absolute atomic E-state index is 13.2. The predicted octanol–water partition coefficient (Wildman–Crippen LogP) is 4.31. The van der Waals surface area contributed by atoms with Crippen molar-refractivity contribution in [3.63, 3.8) is 0 Å². The summed E-state index contributed by atoms with van der Waals surface area (Å²) in [6.45, 7) is 0.294. The summed E-state index contributed by atoms with van der Waals surface area (Å²) in [6, 6.07) is 3.46. The van der Waals surface area contributed by atoms with E-state index in [9.17, 15) is 18.0 Å². The van der Waals surface area contributed by atoms with Crippen LogP contribution in [0.25, 0.3) is 5.69 Å². The molecule has 1 saturated carbocycles. The normalized spacial score (nSPS) is 15.1. The molecule has 0 spiro atoms. The molecule has 0 radical (unpaired) electrons. The number of amides is 1. The molecule has 0 bridgehead atoms. The van der Waals surface area contributed by atoms with Crippen LogP contribution in [0.5, 0.6) is 0 Å². The van der Waals surface area contributed by atoms with Crippen LogP contribution >= 0.6 is 23.4 Å². The van der Waals surface area contributed by atoms with E-state index in [1.54, 1.807) is 24.5 Å². The lowest BCUT2D eigenvalue weighted by molar-refractivity contribution is -0.138. The molecule has 0 aromatic carbocycles. The van der Waals surface area contributed by atoms with Crippen molar-refractivity contribution in [3.8, 4) is 17.4 Å². The number of aromatic nitrogens is 3. The highest BCUT2D eigenvalue weighted by Gasteiger charge is 2.43. The van der Waals surface area contributed by atoms with Gasteiger partial charge in [0.2, 0.25) is 5.91 Å². The standard InChI is InChI=1S/C18H16ClF3N4OS/c1-2-28-15(18(20,21)22)8-16(27)25(10-12-5-6-12)14-11-26(24-17(14)19)13-4-3-7-23-9-13/h1,3-4,7,9,11-12,15H,5-6,8,10H2. The maximum atomic E-state index is 13.2. The smallest absolute Gasteiger partial charge is 0.308 e. The van der Waals surface area contributed by atoms with Gasteiger partial charge < -0.3 is 4.90 Å². The highest BCUT2D eigenvalue weighted by Crippen LogP contribution is 2.37. The predicted molar refractivity (Wildman–Crippen MR) is 102 cm³/mol. The van der Waals surface area contributed by atoms with Crippen molar-refractivity contribution in [2.45, 2.75) is 30.7 Å². The van der Waals surface area contributed by atoms with Crippen LogP contribution < -0.4 is 4.90 Å². The number of rotatable bonds is 7. The second-order valence-electron chi connectivity index (χ2n) is 6.38. The van der Waals surface area contributed by atoms with E-state index in [4.69, 9.17) is 18.0 Å². The van der Waals surface area contributed by atoms with Crippen LogP contribution in [0.3, 0.4) is 0 Å². The average molecular weight is 429 g/mol. The Morgan fingerprint density at radius 1 is 1.50 bits per heavy atom. The monoisotopic (exact) mass is 428 g/mol. The van der Waals surface area contributed by atoms with Gasteiger partial charge in [-0.1, -0.05) is 23.4 Å². The van der Waals surface area contributed by atoms with Crippen molar-refractivity contribution >= 4 is 35.0 Å². The minimum absolute atomic E-state index is 0.0333. The molecule has 1 aliphatic carbocycles. The molecule has 148 valence electrons. The van der Waals surface area contributed by atoms with E-state index in [0.717, 1.165) is 12.8 Å². The number of alkyl halides is 3. The molecular weight excluding hydrogens is 413 g/mol. The molecule has 5 nitrogen and oxygen atoms in total. The van der Waals surface area contributed by atoms with E-state index in [2.05, 4.69) is 10.1 Å². The summed E-state index contributed by atoms with van der Waals surface area (Å²) in [7, 11) is 0. The SMILES string of the molecule is C#CSC(CC(=O)N(CC1CC1)c1cn(-c2cccnc2)nc1Cl)C(F)(F)F. The van der Waals surface area contributed by atoms with Crippen molar-refractivity contribution in [2.75, 3.05) is 11.4 Å². The zero-order chi connectivity index (χ0) is 20.3. The summed E-state index contributed by atoms with van der Waals surface area (Å²) in [4.78, 5) is 18.1. The molecular formula is C18H16ClF3N4OS. The van der Waals surface area contributed by atoms with Gasteiger partial charge in [-0.05, 0) is 36.1 Å². The zero-order valence-corrected chi connectivity index (χ0v) is 16.1. The molecule has 2 aromatic heterocycles. The first kappa shape index (κ1) is 20.6. The molecule has 2 heterocycles. The number of carbonyl (C=O) groups is 1. The van der Waals surface area contributed by atoms with Crippen molar-refractivity contribution < 1.29 is 18.0 Å². The molecule has 0 N–H and O–H groups in total. The topological polar surface area (TPSA) is 51.0 Å². The molecule has 1 aliphatic rings. The van der Waals surface area contributed by atoms with Crippen LogP contribution in [0.15, 0.2) is 30.7 Å². The van der Waals surface area contributed by atoms with Crippen LogP contribution in [0.4, 0.5) is 18.9 Å². The summed E-state index contributed by atoms with van der Waals surface area (Å²) in [6.07, 6.45) is 6.19. The van der Waals surface area contributed by atoms with Crippen LogP contribution in [0.1, 0.15) is 19.3 Å². The van der Waals surface area contributed by atoms with Crippen LogP contribution in [-0.4, -0.2) is 38.6 Å². The Morgan fingerprint density at radius 2 is 2.25 bits per heavy atom. The van der Waals surface area contributed by atoms with Gasteiger partial charge in [0.1, 0.15) is 10.9 Å². The maximum Gasteiger partial charge on any atom is 0.402 e. The molecule has 0 saturated heterocycles. The molecule has 2 aromatic rings. The van der Waals surface area contributed by atoms with Crippen molar-refractivity contribution in [3.05, 3.63) is 35.9 Å². The number of thioether (sulfide) groups is 1. The van der Waals surface area contributed by atoms with Crippen molar-refractivity contribution in [1.29, 1.82) is 0 Å². The van der Waals surface area contributed by atoms with Crippen LogP contribution in [0.2, 0.25) is 5.15 Å². The number of halogens is 4. The van der Waals surface area contributed by atoms with Gasteiger partial charge in [-0.2, -0.15) is 18.3 Å². The van der Waals surface area contributed by atoms with Crippen LogP contribution in [-0.2, 0) is 4.79 Å². The molecule has 1 fully saturated rings. The summed E-state index contributed by atoms with van der Waals surface area (Å²) in [5.41, 5.74) is 0.888. The largest absolute Gasteiger partial charge is 0.402 e. The second kappa shape index (κ2) is 8.45. The van der Waals surface area contributed by atoms with Gasteiger partial charge in [-0.25, -0.2) is 4.68 Å². The molecule has 0 aliphatic heterocycles. The second-order valence-corrected chi connectivity index (χ2v) is 7.78. The Morgan fingerprint density at radius 3 is 2.82 bits per heavy atom. The number of carbonyl (C=O) groups excluding carboxylic acids is 1. The van der Waals surface area contributed by atoms with Gasteiger partial charge in [0.05, 0.1) is 18.1 Å². The Kier molecular flexibility index (Phi) is 6.20. The number of nitrogens with zero attached hydrogens (tertiary/aromatic N) is 4. The molecule has 28 heavy (non-hydrogen) atoms. The van der Waals surface area contributed by atoms with Gasteiger partial charge in [0.25, 0.3) is 0 Å². The van der Waals surface area contributed by atoms with Gasteiger partial charge >= 0.3 is 6.18 Å². The summed E-state index contributed by atoms with van der Waals surface area (Å²) in [5, 5.41) is 4.15. The number of terminal acetylenes is 1. The lowest BCUT2D eigenvalue weighted by atomic mass is 10.2. The first-order chi connectivity index (χ1) is 13.3. The minimum Gasteiger partial charge on any atom is -0.308 e. The highest BCUT2D eigenvalue weighted by molar-refractivity contribution is 8.04. The fourth-order valence-corrected chi connectivity index (χ4v) is 3.37. The van der Waals surface area contributed by atoms with E-state index in [1.807, 2.05) is 5.25 Å². The van der Waals surface area contributed by atoms with Crippen LogP contribution in [0, 0.1) is 17.6 Å². The molecule has 1 atom stereocenters. The molecule has 1 unspecified atom stereocenters. The zero-order valence-electron chi connectivity index (χ0n) is 14.6. The first-order valence-electron chi connectivity index (χ1n) is 8.43. The van der Waals surface area contributed by atoms with E-state index >= 15 is 0 Å². The van der Waals surface area contributed by atoms with Crippen molar-refractivity contribution in [1.82, 2.24) is 14.8 Å². The van der Waals surface area contributed by atoms with E-state index in [0.29, 0.717) is 12.2 Å². The minimum atomic E-state index is -4.58. The average Bonchev–Trinajstić information content (AvgIpc) is 3.39. The third kappa shape index (κ3) is 5.00. The van der Waals surface area contributed by atoms with Gasteiger partial charge in [0.15, 0.2) is 5.15 Å². The van der Waals surface area contributed by atoms with E-state index in [1.165, 1.54) is 15.8 Å². The lowest BCUT2D eigenvalue weighted by Crippen LogP contribution is -2.38. The van der Waals surface area contributed by atoms with Gasteiger partial charge in [-0.15, -0.1) is 6.42 Å². The fourth-order valence-electron chi connectivity index (χ4n) is 2.61. The summed E-state index contributed by atoms with van der Waals surface area (Å²) >= 11 is 6.48. The number of pyridine rings is 1. The first-order valence-corrected chi connectivity index (χ1v) is 9.69.